The Morgan fingerprint density at radius 1 is 1.35 bits per heavy atom. The first-order valence-corrected chi connectivity index (χ1v) is 8.12. The fourth-order valence-electron chi connectivity index (χ4n) is 2.42. The number of rotatable bonds is 6. The molecule has 0 aromatic rings. The average Bonchev–Trinajstić information content (AvgIpc) is 2.35. The number of nitrogens with one attached hydrogen (secondary N) is 1. The van der Waals surface area contributed by atoms with Gasteiger partial charge in [-0.3, -0.25) is 9.00 Å². The summed E-state index contributed by atoms with van der Waals surface area (Å²) in [5.41, 5.74) is 5.45. The summed E-state index contributed by atoms with van der Waals surface area (Å²) in [6, 6.07) is 0. The van der Waals surface area contributed by atoms with Gasteiger partial charge in [0, 0.05) is 35.9 Å². The highest BCUT2D eigenvalue weighted by molar-refractivity contribution is 7.84. The van der Waals surface area contributed by atoms with E-state index < -0.39 is 10.8 Å². The molecule has 0 saturated heterocycles. The van der Waals surface area contributed by atoms with E-state index in [1.807, 2.05) is 0 Å². The van der Waals surface area contributed by atoms with E-state index in [-0.39, 0.29) is 11.3 Å². The third kappa shape index (κ3) is 4.39. The van der Waals surface area contributed by atoms with Crippen molar-refractivity contribution in [3.8, 4) is 0 Å². The van der Waals surface area contributed by atoms with Crippen molar-refractivity contribution in [2.24, 2.45) is 11.1 Å². The van der Waals surface area contributed by atoms with Crippen LogP contribution in [0.4, 0.5) is 0 Å². The van der Waals surface area contributed by atoms with Crippen molar-refractivity contribution >= 4 is 16.7 Å². The average molecular weight is 260 g/mol. The summed E-state index contributed by atoms with van der Waals surface area (Å²) in [7, 11) is -0.773. The van der Waals surface area contributed by atoms with Crippen molar-refractivity contribution in [3.63, 3.8) is 0 Å². The Hall–Kier alpha value is -0.420. The predicted molar refractivity (Wildman–Crippen MR) is 71.1 cm³/mol. The highest BCUT2D eigenvalue weighted by Crippen LogP contribution is 2.35. The highest BCUT2D eigenvalue weighted by atomic mass is 32.2. The van der Waals surface area contributed by atoms with Gasteiger partial charge >= 0.3 is 0 Å². The summed E-state index contributed by atoms with van der Waals surface area (Å²) < 4.78 is 10.9. The van der Waals surface area contributed by atoms with Gasteiger partial charge in [0.25, 0.3) is 0 Å². The topological polar surface area (TPSA) is 72.2 Å². The molecule has 0 bridgehead atoms. The fourth-order valence-corrected chi connectivity index (χ4v) is 2.97. The lowest BCUT2D eigenvalue weighted by Gasteiger charge is -2.34. The minimum absolute atomic E-state index is 0.0987. The van der Waals surface area contributed by atoms with Crippen molar-refractivity contribution < 1.29 is 9.00 Å². The zero-order valence-electron chi connectivity index (χ0n) is 10.7. The number of carbonyl (C=O) groups is 1. The molecule has 0 spiro atoms. The Morgan fingerprint density at radius 2 is 2.00 bits per heavy atom. The summed E-state index contributed by atoms with van der Waals surface area (Å²) in [6.45, 7) is 1.05. The SMILES string of the molecule is CS(=O)CCCNC(=O)C1(CN)CCCCC1. The molecule has 1 atom stereocenters. The van der Waals surface area contributed by atoms with Gasteiger partial charge < -0.3 is 11.1 Å². The molecule has 17 heavy (non-hydrogen) atoms. The molecule has 1 saturated carbocycles. The molecule has 0 aromatic carbocycles. The third-order valence-corrected chi connectivity index (χ3v) is 4.44. The van der Waals surface area contributed by atoms with Gasteiger partial charge in [-0.05, 0) is 19.3 Å². The van der Waals surface area contributed by atoms with E-state index >= 15 is 0 Å². The minimum Gasteiger partial charge on any atom is -0.356 e. The second-order valence-corrected chi connectivity index (χ2v) is 6.49. The van der Waals surface area contributed by atoms with E-state index in [1.165, 1.54) is 6.42 Å². The molecule has 1 rings (SSSR count). The van der Waals surface area contributed by atoms with Crippen molar-refractivity contribution in [1.82, 2.24) is 5.32 Å². The van der Waals surface area contributed by atoms with Crippen LogP contribution in [-0.4, -0.2) is 35.2 Å². The van der Waals surface area contributed by atoms with Crippen molar-refractivity contribution in [2.45, 2.75) is 38.5 Å². The predicted octanol–water partition coefficient (Wildman–Crippen LogP) is 0.780. The molecule has 4 nitrogen and oxygen atoms in total. The Bertz CT molecular complexity index is 276. The highest BCUT2D eigenvalue weighted by Gasteiger charge is 2.37. The molecular formula is C12H24N2O2S. The van der Waals surface area contributed by atoms with E-state index in [0.717, 1.165) is 32.1 Å². The maximum atomic E-state index is 12.1. The molecule has 0 radical (unpaired) electrons. The maximum Gasteiger partial charge on any atom is 0.227 e. The third-order valence-electron chi connectivity index (χ3n) is 3.58. The van der Waals surface area contributed by atoms with E-state index in [1.54, 1.807) is 6.26 Å². The summed E-state index contributed by atoms with van der Waals surface area (Å²) in [5.74, 6) is 0.747. The second kappa shape index (κ2) is 7.11. The zero-order valence-corrected chi connectivity index (χ0v) is 11.5. The van der Waals surface area contributed by atoms with Gasteiger partial charge in [-0.15, -0.1) is 0 Å². The first kappa shape index (κ1) is 14.6. The van der Waals surface area contributed by atoms with Crippen LogP contribution in [0.5, 0.6) is 0 Å². The summed E-state index contributed by atoms with van der Waals surface area (Å²) in [4.78, 5) is 12.1. The van der Waals surface area contributed by atoms with Gasteiger partial charge in [0.1, 0.15) is 0 Å². The lowest BCUT2D eigenvalue weighted by atomic mass is 9.73. The largest absolute Gasteiger partial charge is 0.356 e. The second-order valence-electron chi connectivity index (χ2n) is 4.93. The first-order valence-electron chi connectivity index (χ1n) is 6.39. The van der Waals surface area contributed by atoms with Gasteiger partial charge in [0.05, 0.1) is 5.41 Å². The quantitative estimate of drug-likeness (QED) is 0.693. The number of hydrogen-bond acceptors (Lipinski definition) is 3. The van der Waals surface area contributed by atoms with Gasteiger partial charge in [-0.25, -0.2) is 0 Å². The van der Waals surface area contributed by atoms with Crippen LogP contribution in [0.25, 0.3) is 0 Å². The fraction of sp³-hybridized carbons (Fsp3) is 0.917. The molecular weight excluding hydrogens is 236 g/mol. The molecule has 1 aliphatic rings. The van der Waals surface area contributed by atoms with E-state index in [2.05, 4.69) is 5.32 Å². The van der Waals surface area contributed by atoms with Crippen LogP contribution < -0.4 is 11.1 Å². The number of amides is 1. The van der Waals surface area contributed by atoms with Gasteiger partial charge in [0.2, 0.25) is 5.91 Å². The molecule has 3 N–H and O–H groups in total. The Labute approximate surface area is 106 Å². The van der Waals surface area contributed by atoms with Gasteiger partial charge in [-0.1, -0.05) is 19.3 Å². The Kier molecular flexibility index (Phi) is 6.12. The molecule has 0 aromatic heterocycles. The van der Waals surface area contributed by atoms with E-state index in [4.69, 9.17) is 5.73 Å². The first-order chi connectivity index (χ1) is 8.10. The van der Waals surface area contributed by atoms with Gasteiger partial charge in [0.15, 0.2) is 0 Å². The molecule has 1 aliphatic carbocycles. The monoisotopic (exact) mass is 260 g/mol. The van der Waals surface area contributed by atoms with Crippen LogP contribution in [0.2, 0.25) is 0 Å². The van der Waals surface area contributed by atoms with Crippen molar-refractivity contribution in [3.05, 3.63) is 0 Å². The normalized spacial score (nSPS) is 20.8. The van der Waals surface area contributed by atoms with E-state index in [0.29, 0.717) is 18.8 Å². The van der Waals surface area contributed by atoms with Crippen LogP contribution in [0.1, 0.15) is 38.5 Å². The van der Waals surface area contributed by atoms with Crippen LogP contribution >= 0.6 is 0 Å². The van der Waals surface area contributed by atoms with Crippen LogP contribution in [-0.2, 0) is 15.6 Å². The standard InChI is InChI=1S/C12H24N2O2S/c1-17(16)9-5-8-14-11(15)12(10-13)6-3-2-4-7-12/h2-10,13H2,1H3,(H,14,15). The summed E-state index contributed by atoms with van der Waals surface area (Å²) in [6.07, 6.45) is 7.70. The molecule has 100 valence electrons. The number of hydrogen-bond donors (Lipinski definition) is 2. The Balaban J connectivity index is 2.36. The molecule has 0 heterocycles. The molecule has 0 aliphatic heterocycles. The summed E-state index contributed by atoms with van der Waals surface area (Å²) >= 11 is 0. The zero-order chi connectivity index (χ0) is 12.7. The summed E-state index contributed by atoms with van der Waals surface area (Å²) in [5, 5.41) is 2.95. The smallest absolute Gasteiger partial charge is 0.227 e. The Morgan fingerprint density at radius 3 is 2.53 bits per heavy atom. The van der Waals surface area contributed by atoms with Crippen LogP contribution in [0.3, 0.4) is 0 Å². The van der Waals surface area contributed by atoms with E-state index in [9.17, 15) is 9.00 Å². The molecule has 1 unspecified atom stereocenters. The van der Waals surface area contributed by atoms with Gasteiger partial charge in [-0.2, -0.15) is 0 Å². The van der Waals surface area contributed by atoms with Crippen LogP contribution in [0.15, 0.2) is 0 Å². The minimum atomic E-state index is -0.773. The van der Waals surface area contributed by atoms with Crippen LogP contribution in [0, 0.1) is 5.41 Å². The molecule has 5 heteroatoms. The number of nitrogens with two attached hydrogens (primary N) is 1. The molecule has 1 fully saturated rings. The van der Waals surface area contributed by atoms with Crippen molar-refractivity contribution in [1.29, 1.82) is 0 Å². The number of carbonyl (C=O) groups excluding carboxylic acids is 1. The maximum absolute atomic E-state index is 12.1. The molecule has 1 amide bonds. The van der Waals surface area contributed by atoms with Crippen molar-refractivity contribution in [2.75, 3.05) is 25.1 Å². The lowest BCUT2D eigenvalue weighted by Crippen LogP contribution is -2.47. The lowest BCUT2D eigenvalue weighted by molar-refractivity contribution is -0.132.